The molecule has 2 heterocycles. The number of carbonyl (C=O) groups is 1. The van der Waals surface area contributed by atoms with Crippen LogP contribution in [0.1, 0.15) is 24.0 Å². The summed E-state index contributed by atoms with van der Waals surface area (Å²) in [7, 11) is 0. The molecule has 28 heavy (non-hydrogen) atoms. The molecule has 0 saturated carbocycles. The minimum absolute atomic E-state index is 0.177. The Balaban J connectivity index is 1.32. The fourth-order valence-electron chi connectivity index (χ4n) is 3.29. The molecule has 1 saturated heterocycles. The molecule has 0 atom stereocenters. The van der Waals surface area contributed by atoms with Gasteiger partial charge < -0.3 is 24.8 Å². The quantitative estimate of drug-likeness (QED) is 0.765. The highest BCUT2D eigenvalue weighted by atomic mass is 16.7. The maximum atomic E-state index is 12.2. The highest BCUT2D eigenvalue weighted by molar-refractivity contribution is 5.89. The number of hydrogen-bond acceptors (Lipinski definition) is 4. The Labute approximate surface area is 164 Å². The number of nitrogens with one attached hydrogen (secondary N) is 2. The summed E-state index contributed by atoms with van der Waals surface area (Å²) in [4.78, 5) is 12.2. The van der Waals surface area contributed by atoms with Crippen molar-refractivity contribution < 1.29 is 19.0 Å². The van der Waals surface area contributed by atoms with Gasteiger partial charge in [0.1, 0.15) is 0 Å². The number of carbonyl (C=O) groups excluding carboxylic acids is 1. The van der Waals surface area contributed by atoms with Gasteiger partial charge in [0.2, 0.25) is 6.79 Å². The molecule has 2 N–H and O–H groups in total. The molecule has 2 aliphatic rings. The van der Waals surface area contributed by atoms with Crippen LogP contribution in [0.25, 0.3) is 12.2 Å². The first-order valence-corrected chi connectivity index (χ1v) is 9.57. The van der Waals surface area contributed by atoms with Crippen molar-refractivity contribution in [2.24, 2.45) is 5.92 Å². The van der Waals surface area contributed by atoms with Gasteiger partial charge in [0.05, 0.1) is 0 Å². The Morgan fingerprint density at radius 1 is 1.00 bits per heavy atom. The van der Waals surface area contributed by atoms with Crippen molar-refractivity contribution >= 4 is 23.9 Å². The predicted octanol–water partition coefficient (Wildman–Crippen LogP) is 4.13. The first kappa shape index (κ1) is 18.4. The zero-order valence-corrected chi connectivity index (χ0v) is 15.6. The highest BCUT2D eigenvalue weighted by Gasteiger charge is 2.15. The van der Waals surface area contributed by atoms with E-state index in [-0.39, 0.29) is 12.8 Å². The van der Waals surface area contributed by atoms with Crippen molar-refractivity contribution in [1.82, 2.24) is 5.32 Å². The van der Waals surface area contributed by atoms with Gasteiger partial charge in [-0.25, -0.2) is 4.79 Å². The molecule has 6 nitrogen and oxygen atoms in total. The zero-order valence-electron chi connectivity index (χ0n) is 15.6. The summed E-state index contributed by atoms with van der Waals surface area (Å²) in [6, 6.07) is 13.4. The van der Waals surface area contributed by atoms with Crippen molar-refractivity contribution in [1.29, 1.82) is 0 Å². The number of amides is 2. The van der Waals surface area contributed by atoms with Crippen LogP contribution in [0.5, 0.6) is 11.5 Å². The summed E-state index contributed by atoms with van der Waals surface area (Å²) in [5.41, 5.74) is 2.79. The summed E-state index contributed by atoms with van der Waals surface area (Å²) in [6.07, 6.45) is 6.01. The molecular formula is C22H24N2O4. The van der Waals surface area contributed by atoms with E-state index < -0.39 is 0 Å². The van der Waals surface area contributed by atoms with Crippen LogP contribution in [0.2, 0.25) is 0 Å². The van der Waals surface area contributed by atoms with Gasteiger partial charge in [0, 0.05) is 25.4 Å². The predicted molar refractivity (Wildman–Crippen MR) is 108 cm³/mol. The van der Waals surface area contributed by atoms with Crippen LogP contribution < -0.4 is 20.1 Å². The van der Waals surface area contributed by atoms with Crippen LogP contribution in [-0.2, 0) is 4.74 Å². The van der Waals surface area contributed by atoms with Crippen molar-refractivity contribution in [2.75, 3.05) is 31.9 Å². The molecule has 2 aromatic rings. The molecular weight excluding hydrogens is 356 g/mol. The van der Waals surface area contributed by atoms with Gasteiger partial charge >= 0.3 is 6.03 Å². The average molecular weight is 380 g/mol. The van der Waals surface area contributed by atoms with E-state index in [0.29, 0.717) is 12.5 Å². The van der Waals surface area contributed by atoms with Gasteiger partial charge in [-0.15, -0.1) is 0 Å². The van der Waals surface area contributed by atoms with E-state index in [9.17, 15) is 4.79 Å². The third kappa shape index (κ3) is 4.84. The van der Waals surface area contributed by atoms with Gasteiger partial charge in [-0.3, -0.25) is 0 Å². The number of anilines is 1. The molecule has 146 valence electrons. The van der Waals surface area contributed by atoms with E-state index >= 15 is 0 Å². The maximum absolute atomic E-state index is 12.2. The molecule has 0 unspecified atom stereocenters. The van der Waals surface area contributed by atoms with Crippen LogP contribution >= 0.6 is 0 Å². The number of ether oxygens (including phenoxy) is 3. The number of fused-ring (bicyclic) bond motifs is 1. The van der Waals surface area contributed by atoms with Crippen LogP contribution in [-0.4, -0.2) is 32.6 Å². The Morgan fingerprint density at radius 2 is 1.79 bits per heavy atom. The summed E-state index contributed by atoms with van der Waals surface area (Å²) in [5.74, 6) is 2.03. The molecule has 0 bridgehead atoms. The molecule has 0 radical (unpaired) electrons. The highest BCUT2D eigenvalue weighted by Crippen LogP contribution is 2.33. The standard InChI is InChI=1S/C22H24N2O4/c25-22(23-14-18-8-10-26-11-9-18)24-19-3-1-2-16(12-19)4-5-17-6-7-20-21(13-17)28-15-27-20/h1-7,12-13,18H,8-11,14-15H2,(H2,23,24,25)/b5-4+. The fourth-order valence-corrected chi connectivity index (χ4v) is 3.29. The van der Waals surface area contributed by atoms with Gasteiger partial charge in [-0.05, 0) is 54.2 Å². The molecule has 0 spiro atoms. The molecule has 2 aromatic carbocycles. The van der Waals surface area contributed by atoms with Crippen molar-refractivity contribution in [3.05, 3.63) is 53.6 Å². The van der Waals surface area contributed by atoms with Crippen LogP contribution in [0.4, 0.5) is 10.5 Å². The van der Waals surface area contributed by atoms with Gasteiger partial charge in [-0.1, -0.05) is 30.4 Å². The Hall–Kier alpha value is -2.99. The number of benzene rings is 2. The topological polar surface area (TPSA) is 68.8 Å². The Morgan fingerprint density at radius 3 is 2.64 bits per heavy atom. The lowest BCUT2D eigenvalue weighted by molar-refractivity contribution is 0.0671. The summed E-state index contributed by atoms with van der Waals surface area (Å²) >= 11 is 0. The van der Waals surface area contributed by atoms with Crippen molar-refractivity contribution in [2.45, 2.75) is 12.8 Å². The van der Waals surface area contributed by atoms with E-state index in [1.807, 2.05) is 54.6 Å². The Kier molecular flexibility index (Phi) is 5.77. The smallest absolute Gasteiger partial charge is 0.319 e. The lowest BCUT2D eigenvalue weighted by Crippen LogP contribution is -2.35. The largest absolute Gasteiger partial charge is 0.454 e. The first-order chi connectivity index (χ1) is 13.8. The van der Waals surface area contributed by atoms with E-state index in [4.69, 9.17) is 14.2 Å². The van der Waals surface area contributed by atoms with E-state index in [2.05, 4.69) is 10.6 Å². The molecule has 0 aliphatic carbocycles. The second-order valence-electron chi connectivity index (χ2n) is 6.96. The molecule has 4 rings (SSSR count). The number of urea groups is 1. The van der Waals surface area contributed by atoms with Crippen LogP contribution in [0, 0.1) is 5.92 Å². The maximum Gasteiger partial charge on any atom is 0.319 e. The normalized spacial score (nSPS) is 16.3. The average Bonchev–Trinajstić information content (AvgIpc) is 3.20. The third-order valence-corrected chi connectivity index (χ3v) is 4.90. The van der Waals surface area contributed by atoms with Crippen LogP contribution in [0.15, 0.2) is 42.5 Å². The lowest BCUT2D eigenvalue weighted by Gasteiger charge is -2.22. The molecule has 1 fully saturated rings. The molecule has 6 heteroatoms. The molecule has 2 aliphatic heterocycles. The lowest BCUT2D eigenvalue weighted by atomic mass is 10.0. The zero-order chi connectivity index (χ0) is 19.2. The number of hydrogen-bond donors (Lipinski definition) is 2. The van der Waals surface area contributed by atoms with E-state index in [1.54, 1.807) is 0 Å². The Bertz CT molecular complexity index is 859. The summed E-state index contributed by atoms with van der Waals surface area (Å²) < 4.78 is 16.1. The molecule has 0 aromatic heterocycles. The van der Waals surface area contributed by atoms with E-state index in [1.165, 1.54) is 0 Å². The van der Waals surface area contributed by atoms with E-state index in [0.717, 1.165) is 54.4 Å². The van der Waals surface area contributed by atoms with Crippen molar-refractivity contribution in [3.63, 3.8) is 0 Å². The van der Waals surface area contributed by atoms with Gasteiger partial charge in [-0.2, -0.15) is 0 Å². The summed E-state index contributed by atoms with van der Waals surface area (Å²) in [5, 5.41) is 5.86. The molecule has 2 amide bonds. The monoisotopic (exact) mass is 380 g/mol. The minimum Gasteiger partial charge on any atom is -0.454 e. The first-order valence-electron chi connectivity index (χ1n) is 9.57. The summed E-state index contributed by atoms with van der Waals surface area (Å²) in [6.45, 7) is 2.52. The fraction of sp³-hybridized carbons (Fsp3) is 0.318. The SMILES string of the molecule is O=C(NCC1CCOCC1)Nc1cccc(/C=C/c2ccc3c(c2)OCO3)c1. The van der Waals surface area contributed by atoms with Crippen molar-refractivity contribution in [3.8, 4) is 11.5 Å². The third-order valence-electron chi connectivity index (χ3n) is 4.90. The number of rotatable bonds is 5. The van der Waals surface area contributed by atoms with Crippen LogP contribution in [0.3, 0.4) is 0 Å². The van der Waals surface area contributed by atoms with Gasteiger partial charge in [0.15, 0.2) is 11.5 Å². The minimum atomic E-state index is -0.177. The van der Waals surface area contributed by atoms with Gasteiger partial charge in [0.25, 0.3) is 0 Å². The second-order valence-corrected chi connectivity index (χ2v) is 6.96. The second kappa shape index (κ2) is 8.80.